The molecule has 0 amide bonds. The third-order valence-corrected chi connectivity index (χ3v) is 3.10. The predicted octanol–water partition coefficient (Wildman–Crippen LogP) is 2.09. The van der Waals surface area contributed by atoms with E-state index in [2.05, 4.69) is 16.0 Å². The minimum atomic E-state index is 0.585. The highest BCUT2D eigenvalue weighted by atomic mass is 15.1. The van der Waals surface area contributed by atoms with Crippen molar-refractivity contribution in [3.63, 3.8) is 0 Å². The zero-order chi connectivity index (χ0) is 13.4. The highest BCUT2D eigenvalue weighted by molar-refractivity contribution is 5.84. The molecule has 0 unspecified atom stereocenters. The third kappa shape index (κ3) is 1.70. The first-order valence-corrected chi connectivity index (χ1v) is 5.77. The molecule has 19 heavy (non-hydrogen) atoms. The number of nitrogen functional groups attached to an aromatic ring is 1. The zero-order valence-corrected chi connectivity index (χ0v) is 10.3. The lowest BCUT2D eigenvalue weighted by molar-refractivity contribution is 0.959. The fraction of sp³-hybridized carbons (Fsp3) is 0.0714. The molecular weight excluding hydrogens is 238 g/mol. The van der Waals surface area contributed by atoms with Crippen molar-refractivity contribution < 1.29 is 0 Å². The summed E-state index contributed by atoms with van der Waals surface area (Å²) >= 11 is 0. The summed E-state index contributed by atoms with van der Waals surface area (Å²) in [6.45, 7) is 0. The Morgan fingerprint density at radius 2 is 2.16 bits per heavy atom. The van der Waals surface area contributed by atoms with Gasteiger partial charge in [0, 0.05) is 18.8 Å². The van der Waals surface area contributed by atoms with Crippen LogP contribution in [0.4, 0.5) is 5.69 Å². The van der Waals surface area contributed by atoms with Gasteiger partial charge in [-0.25, -0.2) is 4.98 Å². The van der Waals surface area contributed by atoms with Crippen LogP contribution in [0.15, 0.2) is 36.7 Å². The quantitative estimate of drug-likeness (QED) is 0.716. The predicted molar refractivity (Wildman–Crippen MR) is 73.1 cm³/mol. The first-order chi connectivity index (χ1) is 9.20. The number of aryl methyl sites for hydroxylation is 1. The number of benzene rings is 1. The lowest BCUT2D eigenvalue weighted by atomic mass is 10.2. The first kappa shape index (κ1) is 11.2. The minimum Gasteiger partial charge on any atom is -0.397 e. The number of rotatable bonds is 1. The van der Waals surface area contributed by atoms with E-state index < -0.39 is 0 Å². The number of fused-ring (bicyclic) bond motifs is 1. The van der Waals surface area contributed by atoms with Crippen LogP contribution in [0.25, 0.3) is 22.4 Å². The van der Waals surface area contributed by atoms with Crippen LogP contribution in [0, 0.1) is 11.3 Å². The van der Waals surface area contributed by atoms with E-state index in [0.29, 0.717) is 11.3 Å². The van der Waals surface area contributed by atoms with Crippen molar-refractivity contribution in [1.29, 1.82) is 5.26 Å². The maximum absolute atomic E-state index is 8.95. The van der Waals surface area contributed by atoms with Crippen LogP contribution in [0.5, 0.6) is 0 Å². The highest BCUT2D eigenvalue weighted by Crippen LogP contribution is 2.27. The Morgan fingerprint density at radius 1 is 1.32 bits per heavy atom. The highest BCUT2D eigenvalue weighted by Gasteiger charge is 2.12. The van der Waals surface area contributed by atoms with Gasteiger partial charge >= 0.3 is 0 Å². The van der Waals surface area contributed by atoms with Gasteiger partial charge in [-0.1, -0.05) is 0 Å². The molecule has 2 heterocycles. The summed E-state index contributed by atoms with van der Waals surface area (Å²) in [6.07, 6.45) is 3.29. The van der Waals surface area contributed by atoms with Crippen LogP contribution in [-0.2, 0) is 7.05 Å². The van der Waals surface area contributed by atoms with Gasteiger partial charge in [0.25, 0.3) is 0 Å². The van der Waals surface area contributed by atoms with E-state index in [1.165, 1.54) is 0 Å². The van der Waals surface area contributed by atoms with Crippen molar-refractivity contribution >= 4 is 16.7 Å². The molecule has 3 rings (SSSR count). The van der Waals surface area contributed by atoms with Gasteiger partial charge in [-0.3, -0.25) is 4.98 Å². The van der Waals surface area contributed by atoms with Gasteiger partial charge in [0.15, 0.2) is 0 Å². The largest absolute Gasteiger partial charge is 0.397 e. The van der Waals surface area contributed by atoms with Crippen molar-refractivity contribution in [3.05, 3.63) is 42.2 Å². The van der Waals surface area contributed by atoms with Crippen LogP contribution < -0.4 is 5.73 Å². The summed E-state index contributed by atoms with van der Waals surface area (Å²) in [5.41, 5.74) is 9.72. The number of nitrogens with zero attached hydrogens (tertiary/aromatic N) is 4. The summed E-state index contributed by atoms with van der Waals surface area (Å²) in [5, 5.41) is 8.95. The van der Waals surface area contributed by atoms with E-state index in [1.807, 2.05) is 29.8 Å². The van der Waals surface area contributed by atoms with Gasteiger partial charge in [0.05, 0.1) is 34.6 Å². The van der Waals surface area contributed by atoms with Gasteiger partial charge < -0.3 is 10.3 Å². The molecule has 0 aliphatic rings. The molecule has 0 fully saturated rings. The van der Waals surface area contributed by atoms with E-state index in [0.717, 1.165) is 22.4 Å². The van der Waals surface area contributed by atoms with Crippen LogP contribution in [0.2, 0.25) is 0 Å². The average Bonchev–Trinajstić information content (AvgIpc) is 2.76. The van der Waals surface area contributed by atoms with E-state index >= 15 is 0 Å². The lowest BCUT2D eigenvalue weighted by Gasteiger charge is -2.04. The number of nitriles is 1. The van der Waals surface area contributed by atoms with E-state index in [-0.39, 0.29) is 0 Å². The molecule has 0 aliphatic heterocycles. The van der Waals surface area contributed by atoms with Crippen LogP contribution in [0.3, 0.4) is 0 Å². The Hall–Kier alpha value is -2.87. The molecule has 0 saturated carbocycles. The molecule has 2 N–H and O–H groups in total. The molecular formula is C14H11N5. The molecule has 0 aliphatic carbocycles. The van der Waals surface area contributed by atoms with Crippen LogP contribution in [-0.4, -0.2) is 14.5 Å². The SMILES string of the molecule is Cn1c(-c2ccncc2N)nc2ccc(C#N)cc21. The molecule has 0 radical (unpaired) electrons. The second kappa shape index (κ2) is 4.10. The van der Waals surface area contributed by atoms with E-state index in [4.69, 9.17) is 11.0 Å². The normalized spacial score (nSPS) is 10.5. The summed E-state index contributed by atoms with van der Waals surface area (Å²) in [6, 6.07) is 9.39. The Bertz CT molecular complexity index is 810. The van der Waals surface area contributed by atoms with E-state index in [1.54, 1.807) is 18.5 Å². The Morgan fingerprint density at radius 3 is 2.89 bits per heavy atom. The van der Waals surface area contributed by atoms with Gasteiger partial charge in [-0.15, -0.1) is 0 Å². The lowest BCUT2D eigenvalue weighted by Crippen LogP contribution is -1.97. The second-order valence-electron chi connectivity index (χ2n) is 4.27. The maximum atomic E-state index is 8.95. The molecule has 0 atom stereocenters. The topological polar surface area (TPSA) is 80.5 Å². The fourth-order valence-electron chi connectivity index (χ4n) is 2.11. The molecule has 3 aromatic rings. The molecule has 2 aromatic heterocycles. The minimum absolute atomic E-state index is 0.585. The number of aromatic nitrogens is 3. The Balaban J connectivity index is 2.30. The second-order valence-corrected chi connectivity index (χ2v) is 4.27. The molecule has 0 spiro atoms. The van der Waals surface area contributed by atoms with E-state index in [9.17, 15) is 0 Å². The summed E-state index contributed by atoms with van der Waals surface area (Å²) < 4.78 is 1.93. The molecule has 5 heteroatoms. The molecule has 92 valence electrons. The van der Waals surface area contributed by atoms with Crippen molar-refractivity contribution in [3.8, 4) is 17.5 Å². The van der Waals surface area contributed by atoms with Crippen molar-refractivity contribution in [2.75, 3.05) is 5.73 Å². The van der Waals surface area contributed by atoms with Gasteiger partial charge in [-0.05, 0) is 24.3 Å². The fourth-order valence-corrected chi connectivity index (χ4v) is 2.11. The number of hydrogen-bond acceptors (Lipinski definition) is 4. The number of hydrogen-bond donors (Lipinski definition) is 1. The molecule has 1 aromatic carbocycles. The number of nitrogens with two attached hydrogens (primary N) is 1. The van der Waals surface area contributed by atoms with Crippen LogP contribution >= 0.6 is 0 Å². The molecule has 0 bridgehead atoms. The summed E-state index contributed by atoms with van der Waals surface area (Å²) in [7, 11) is 1.91. The molecule has 0 saturated heterocycles. The number of imidazole rings is 1. The standard InChI is InChI=1S/C14H11N5/c1-19-13-6-9(7-15)2-3-12(13)18-14(19)10-4-5-17-8-11(10)16/h2-6,8H,16H2,1H3. The summed E-state index contributed by atoms with van der Waals surface area (Å²) in [4.78, 5) is 8.54. The van der Waals surface area contributed by atoms with Crippen molar-refractivity contribution in [2.45, 2.75) is 0 Å². The monoisotopic (exact) mass is 249 g/mol. The van der Waals surface area contributed by atoms with Crippen molar-refractivity contribution in [2.24, 2.45) is 7.05 Å². The Kier molecular flexibility index (Phi) is 2.43. The average molecular weight is 249 g/mol. The third-order valence-electron chi connectivity index (χ3n) is 3.10. The zero-order valence-electron chi connectivity index (χ0n) is 10.3. The van der Waals surface area contributed by atoms with Gasteiger partial charge in [0.1, 0.15) is 5.82 Å². The van der Waals surface area contributed by atoms with Gasteiger partial charge in [-0.2, -0.15) is 5.26 Å². The number of anilines is 1. The van der Waals surface area contributed by atoms with Crippen molar-refractivity contribution in [1.82, 2.24) is 14.5 Å². The Labute approximate surface area is 109 Å². The maximum Gasteiger partial charge on any atom is 0.143 e. The van der Waals surface area contributed by atoms with Gasteiger partial charge in [0.2, 0.25) is 0 Å². The number of pyridine rings is 1. The smallest absolute Gasteiger partial charge is 0.143 e. The van der Waals surface area contributed by atoms with Crippen LogP contribution in [0.1, 0.15) is 5.56 Å². The molecule has 5 nitrogen and oxygen atoms in total. The first-order valence-electron chi connectivity index (χ1n) is 5.77. The summed E-state index contributed by atoms with van der Waals surface area (Å²) in [5.74, 6) is 0.769.